The summed E-state index contributed by atoms with van der Waals surface area (Å²) in [6, 6.07) is 16.1. The molecule has 0 spiro atoms. The Hall–Kier alpha value is -4.12. The Labute approximate surface area is 252 Å². The molecule has 1 aromatic heterocycles. The number of hydrogen-bond donors (Lipinski definition) is 2. The monoisotopic (exact) mass is 606 g/mol. The van der Waals surface area contributed by atoms with E-state index < -0.39 is 33.5 Å². The molecule has 1 saturated carbocycles. The number of H-pyrrole nitrogens is 1. The first-order chi connectivity index (χ1) is 20.3. The van der Waals surface area contributed by atoms with Crippen molar-refractivity contribution in [2.75, 3.05) is 13.1 Å². The highest BCUT2D eigenvalue weighted by atomic mass is 32.2. The Balaban J connectivity index is 1.35. The van der Waals surface area contributed by atoms with Crippen LogP contribution in [0.15, 0.2) is 78.0 Å². The minimum Gasteiger partial charge on any atom is -0.444 e. The van der Waals surface area contributed by atoms with Crippen LogP contribution in [0.3, 0.4) is 0 Å². The maximum absolute atomic E-state index is 14.2. The number of fused-ring (bicyclic) bond motifs is 1. The molecule has 3 aromatic rings. The van der Waals surface area contributed by atoms with E-state index in [1.165, 1.54) is 11.0 Å². The third-order valence-corrected chi connectivity index (χ3v) is 9.20. The Morgan fingerprint density at radius 3 is 2.44 bits per heavy atom. The van der Waals surface area contributed by atoms with Crippen molar-refractivity contribution >= 4 is 38.8 Å². The lowest BCUT2D eigenvalue weighted by atomic mass is 9.89. The Bertz CT molecular complexity index is 1640. The minimum atomic E-state index is -4.27. The smallest absolute Gasteiger partial charge is 0.410 e. The van der Waals surface area contributed by atoms with E-state index in [2.05, 4.69) is 16.3 Å². The van der Waals surface area contributed by atoms with Gasteiger partial charge < -0.3 is 19.5 Å². The van der Waals surface area contributed by atoms with E-state index in [1.807, 2.05) is 30.3 Å². The highest BCUT2D eigenvalue weighted by molar-refractivity contribution is 7.90. The molecule has 11 heteroatoms. The molecule has 1 aliphatic carbocycles. The van der Waals surface area contributed by atoms with Crippen molar-refractivity contribution in [1.82, 2.24) is 19.5 Å². The molecule has 0 bridgehead atoms. The average Bonchev–Trinajstić information content (AvgIpc) is 3.48. The number of aromatic amines is 1. The van der Waals surface area contributed by atoms with Crippen molar-refractivity contribution in [3.8, 4) is 0 Å². The molecule has 1 saturated heterocycles. The summed E-state index contributed by atoms with van der Waals surface area (Å²) >= 11 is 0. The van der Waals surface area contributed by atoms with Crippen LogP contribution < -0.4 is 4.72 Å². The lowest BCUT2D eigenvalue weighted by molar-refractivity contribution is -0.137. The summed E-state index contributed by atoms with van der Waals surface area (Å²) in [5, 5.41) is 0.682. The zero-order valence-corrected chi connectivity index (χ0v) is 25.5. The highest BCUT2D eigenvalue weighted by Crippen LogP contribution is 2.36. The Morgan fingerprint density at radius 1 is 1.05 bits per heavy atom. The fourth-order valence-electron chi connectivity index (χ4n) is 5.59. The first-order valence-corrected chi connectivity index (χ1v) is 16.0. The summed E-state index contributed by atoms with van der Waals surface area (Å²) in [5.74, 6) is -2.10. The quantitative estimate of drug-likeness (QED) is 0.343. The maximum atomic E-state index is 14.2. The number of carbonyl (C=O) groups is 3. The van der Waals surface area contributed by atoms with E-state index >= 15 is 0 Å². The van der Waals surface area contributed by atoms with E-state index in [9.17, 15) is 22.8 Å². The number of benzene rings is 2. The van der Waals surface area contributed by atoms with Crippen LogP contribution in [0.1, 0.15) is 45.6 Å². The number of sulfonamides is 1. The first kappa shape index (κ1) is 30.3. The lowest BCUT2D eigenvalue weighted by Gasteiger charge is -2.29. The van der Waals surface area contributed by atoms with Gasteiger partial charge in [0.1, 0.15) is 16.2 Å². The predicted molar refractivity (Wildman–Crippen MR) is 162 cm³/mol. The van der Waals surface area contributed by atoms with Crippen LogP contribution in [-0.4, -0.2) is 65.8 Å². The molecular formula is C32H38N4O6S. The molecule has 1 aliphatic heterocycles. The van der Waals surface area contributed by atoms with Crippen LogP contribution in [0.2, 0.25) is 0 Å². The summed E-state index contributed by atoms with van der Waals surface area (Å²) in [5.41, 5.74) is 0.570. The van der Waals surface area contributed by atoms with E-state index in [-0.39, 0.29) is 35.0 Å². The number of para-hydroxylation sites is 1. The molecule has 43 heavy (non-hydrogen) atoms. The number of likely N-dealkylation sites (tertiary alicyclic amines) is 1. The van der Waals surface area contributed by atoms with Gasteiger partial charge in [0, 0.05) is 30.7 Å². The molecule has 10 nitrogen and oxygen atoms in total. The van der Waals surface area contributed by atoms with Gasteiger partial charge in [-0.05, 0) is 70.1 Å². The van der Waals surface area contributed by atoms with Crippen molar-refractivity contribution < 1.29 is 27.5 Å². The second-order valence-corrected chi connectivity index (χ2v) is 13.9. The molecule has 5 rings (SSSR count). The molecule has 2 N–H and O–H groups in total. The molecule has 228 valence electrons. The van der Waals surface area contributed by atoms with Crippen LogP contribution >= 0.6 is 0 Å². The molecule has 2 fully saturated rings. The second-order valence-electron chi connectivity index (χ2n) is 12.3. The van der Waals surface area contributed by atoms with E-state index in [0.717, 1.165) is 5.56 Å². The van der Waals surface area contributed by atoms with Crippen molar-refractivity contribution in [1.29, 1.82) is 0 Å². The van der Waals surface area contributed by atoms with Gasteiger partial charge in [-0.1, -0.05) is 49.0 Å². The zero-order valence-electron chi connectivity index (χ0n) is 24.7. The number of hydrogen-bond acceptors (Lipinski definition) is 6. The summed E-state index contributed by atoms with van der Waals surface area (Å²) in [6.07, 6.45) is 3.82. The third-order valence-electron chi connectivity index (χ3n) is 7.82. The minimum absolute atomic E-state index is 0.0785. The fourth-order valence-corrected chi connectivity index (χ4v) is 6.76. The van der Waals surface area contributed by atoms with Gasteiger partial charge >= 0.3 is 6.09 Å². The second kappa shape index (κ2) is 11.9. The summed E-state index contributed by atoms with van der Waals surface area (Å²) in [4.78, 5) is 46.2. The number of rotatable bonds is 9. The number of carbonyl (C=O) groups excluding carboxylic acids is 3. The normalized spacial score (nSPS) is 18.8. The average molecular weight is 607 g/mol. The topological polar surface area (TPSA) is 129 Å². The van der Waals surface area contributed by atoms with Crippen molar-refractivity contribution in [2.24, 2.45) is 11.8 Å². The van der Waals surface area contributed by atoms with Crippen LogP contribution in [0.25, 0.3) is 10.9 Å². The number of aryl methyl sites for hydroxylation is 1. The highest BCUT2D eigenvalue weighted by Gasteiger charge is 2.46. The van der Waals surface area contributed by atoms with Crippen LogP contribution in [-0.2, 0) is 30.8 Å². The standard InChI is InChI=1S/C32H38N4O6S/c1-21(29(37)34-43(40,41)27-12-8-11-23-17-18-33-28(23)27)36(25-15-16-25)30(38)26-20-35(31(39)42-32(2,3)4)19-24(26)14-13-22-9-6-5-7-10-22/h5-12,17-18,24-26,33H,1,13-16,19-20H2,2-4H3,(H,34,37)/t24-,26-/m0/s1. The van der Waals surface area contributed by atoms with E-state index in [1.54, 1.807) is 50.1 Å². The fraction of sp³-hybridized carbons (Fsp3) is 0.406. The molecular weight excluding hydrogens is 568 g/mol. The van der Waals surface area contributed by atoms with E-state index in [4.69, 9.17) is 4.74 Å². The number of nitrogens with zero attached hydrogens (tertiary/aromatic N) is 2. The number of aromatic nitrogens is 1. The SMILES string of the molecule is C=C(C(=O)NS(=O)(=O)c1cccc2cc[nH]c12)N(C(=O)[C@H]1CN(C(=O)OC(C)(C)C)C[C@@H]1CCc1ccccc1)C1CC1. The third kappa shape index (κ3) is 6.93. The lowest BCUT2D eigenvalue weighted by Crippen LogP contribution is -2.45. The van der Waals surface area contributed by atoms with E-state index in [0.29, 0.717) is 43.1 Å². The molecule has 2 aliphatic rings. The summed E-state index contributed by atoms with van der Waals surface area (Å²) in [6.45, 7) is 9.72. The molecule has 0 unspecified atom stereocenters. The summed E-state index contributed by atoms with van der Waals surface area (Å²) in [7, 11) is -4.27. The van der Waals surface area contributed by atoms with Gasteiger partial charge in [-0.2, -0.15) is 0 Å². The number of ether oxygens (including phenoxy) is 1. The Morgan fingerprint density at radius 2 is 1.77 bits per heavy atom. The van der Waals surface area contributed by atoms with Gasteiger partial charge in [-0.15, -0.1) is 0 Å². The molecule has 3 amide bonds. The predicted octanol–water partition coefficient (Wildman–Crippen LogP) is 4.59. The largest absolute Gasteiger partial charge is 0.444 e. The zero-order chi connectivity index (χ0) is 30.9. The van der Waals surface area contributed by atoms with Crippen molar-refractivity contribution in [2.45, 2.75) is 63.0 Å². The molecule has 2 aromatic carbocycles. The number of nitrogens with one attached hydrogen (secondary N) is 2. The molecule has 2 heterocycles. The van der Waals surface area contributed by atoms with Crippen LogP contribution in [0.5, 0.6) is 0 Å². The van der Waals surface area contributed by atoms with Crippen molar-refractivity contribution in [3.63, 3.8) is 0 Å². The maximum Gasteiger partial charge on any atom is 0.410 e. The first-order valence-electron chi connectivity index (χ1n) is 14.5. The van der Waals surface area contributed by atoms with Gasteiger partial charge in [0.2, 0.25) is 5.91 Å². The van der Waals surface area contributed by atoms with Crippen molar-refractivity contribution in [3.05, 3.63) is 78.6 Å². The number of amides is 3. The van der Waals surface area contributed by atoms with Crippen LogP contribution in [0.4, 0.5) is 4.79 Å². The van der Waals surface area contributed by atoms with Crippen LogP contribution in [0, 0.1) is 11.8 Å². The van der Waals surface area contributed by atoms with Gasteiger partial charge in [0.15, 0.2) is 0 Å². The molecule has 0 radical (unpaired) electrons. The van der Waals surface area contributed by atoms with Gasteiger partial charge in [0.05, 0.1) is 11.4 Å². The Kier molecular flexibility index (Phi) is 8.38. The molecule has 2 atom stereocenters. The van der Waals surface area contributed by atoms with Gasteiger partial charge in [-0.25, -0.2) is 17.9 Å². The van der Waals surface area contributed by atoms with Gasteiger partial charge in [0.25, 0.3) is 15.9 Å². The van der Waals surface area contributed by atoms with Gasteiger partial charge in [-0.3, -0.25) is 9.59 Å². The summed E-state index contributed by atoms with van der Waals surface area (Å²) < 4.78 is 34.2.